The highest BCUT2D eigenvalue weighted by molar-refractivity contribution is 5.78. The Morgan fingerprint density at radius 2 is 1.07 bits per heavy atom. The highest BCUT2D eigenvalue weighted by Crippen LogP contribution is 2.63. The summed E-state index contributed by atoms with van der Waals surface area (Å²) >= 11 is 0. The maximum Gasteiger partial charge on any atom is 0.404 e. The Labute approximate surface area is 267 Å². The van der Waals surface area contributed by atoms with E-state index in [2.05, 4.69) is 0 Å². The molecule has 264 valence electrons. The first-order valence-corrected chi connectivity index (χ1v) is 17.1. The van der Waals surface area contributed by atoms with Gasteiger partial charge in [0, 0.05) is 18.4 Å². The number of esters is 2. The van der Waals surface area contributed by atoms with E-state index in [0.29, 0.717) is 42.9 Å². The lowest BCUT2D eigenvalue weighted by Gasteiger charge is -2.61. The summed E-state index contributed by atoms with van der Waals surface area (Å²) in [5.74, 6) is -0.502. The molecule has 8 rings (SSSR count). The van der Waals surface area contributed by atoms with E-state index in [1.807, 2.05) is 0 Å². The molecule has 0 amide bonds. The number of carbonyl (C=O) groups excluding carboxylic acids is 2. The smallest absolute Gasteiger partial charge is 0.404 e. The number of aliphatic hydroxyl groups is 2. The molecular weight excluding hydrogens is 618 g/mol. The first-order chi connectivity index (χ1) is 21.2. The molecule has 6 nitrogen and oxygen atoms in total. The second-order valence-corrected chi connectivity index (χ2v) is 16.4. The first kappa shape index (κ1) is 35.7. The van der Waals surface area contributed by atoms with Gasteiger partial charge in [0.15, 0.2) is 10.8 Å². The molecule has 0 aromatic rings. The monoisotopic (exact) mass is 668 g/mol. The van der Waals surface area contributed by atoms with E-state index in [1.165, 1.54) is 20.3 Å². The zero-order chi connectivity index (χ0) is 34.1. The van der Waals surface area contributed by atoms with Crippen molar-refractivity contribution in [3.63, 3.8) is 0 Å². The Morgan fingerprint density at radius 3 is 1.43 bits per heavy atom. The molecule has 0 aromatic heterocycles. The number of halogens is 6. The van der Waals surface area contributed by atoms with Crippen LogP contribution in [0.15, 0.2) is 0 Å². The van der Waals surface area contributed by atoms with Gasteiger partial charge in [-0.05, 0) is 126 Å². The normalized spacial score (nSPS) is 41.7. The standard InChI is InChI=1S/2C17H25F3O3/c1-3-14(2,17(18,19)20)13(22)23-16-7-11-4-12(8-16)6-15(5-11,9-16)10-21;1-3-15(2,17(18,19)20)14(22)23-16(9-21)12-5-10-4-11(7-12)8-13(16)6-10/h11-12,21H,3-10H2,1-2H3;10-13,21H,3-9H2,1-2H3. The molecule has 8 aliphatic carbocycles. The van der Waals surface area contributed by atoms with Crippen LogP contribution in [0.4, 0.5) is 26.3 Å². The van der Waals surface area contributed by atoms with Crippen molar-refractivity contribution in [1.29, 1.82) is 0 Å². The van der Waals surface area contributed by atoms with Gasteiger partial charge in [-0.2, -0.15) is 26.3 Å². The highest BCUT2D eigenvalue weighted by atomic mass is 19.4. The van der Waals surface area contributed by atoms with Crippen molar-refractivity contribution in [3.8, 4) is 0 Å². The topological polar surface area (TPSA) is 93.1 Å². The molecule has 0 spiro atoms. The van der Waals surface area contributed by atoms with Gasteiger partial charge in [-0.1, -0.05) is 13.8 Å². The SMILES string of the molecule is CCC(C)(C(=O)OC1(CO)C2CC3CC(C2)CC1C3)C(F)(F)F.CCC(C)(C(=O)OC12CC3CC(CC(CO)(C3)C1)C2)C(F)(F)F. The van der Waals surface area contributed by atoms with Gasteiger partial charge in [-0.3, -0.25) is 9.59 Å². The lowest BCUT2D eigenvalue weighted by atomic mass is 9.48. The largest absolute Gasteiger partial charge is 0.458 e. The Kier molecular flexibility index (Phi) is 9.17. The lowest BCUT2D eigenvalue weighted by Crippen LogP contribution is -2.63. The van der Waals surface area contributed by atoms with Gasteiger partial charge in [-0.25, -0.2) is 0 Å². The highest BCUT2D eigenvalue weighted by Gasteiger charge is 2.65. The van der Waals surface area contributed by atoms with Crippen LogP contribution in [-0.4, -0.2) is 58.9 Å². The number of rotatable bonds is 8. The summed E-state index contributed by atoms with van der Waals surface area (Å²) in [5.41, 5.74) is -7.13. The molecular formula is C34H50F6O6. The average Bonchev–Trinajstić information content (AvgIpc) is 2.95. The van der Waals surface area contributed by atoms with E-state index in [4.69, 9.17) is 9.47 Å². The van der Waals surface area contributed by atoms with Gasteiger partial charge >= 0.3 is 24.3 Å². The second kappa shape index (κ2) is 11.8. The number of hydrogen-bond donors (Lipinski definition) is 2. The summed E-state index contributed by atoms with van der Waals surface area (Å²) < 4.78 is 91.1. The zero-order valence-corrected chi connectivity index (χ0v) is 27.4. The predicted molar refractivity (Wildman–Crippen MR) is 155 cm³/mol. The molecule has 0 radical (unpaired) electrons. The van der Waals surface area contributed by atoms with Gasteiger partial charge in [0.05, 0.1) is 6.61 Å². The number of hydrogen-bond acceptors (Lipinski definition) is 6. The summed E-state index contributed by atoms with van der Waals surface area (Å²) in [6.07, 6.45) is -0.693. The predicted octanol–water partition coefficient (Wildman–Crippen LogP) is 7.53. The second-order valence-electron chi connectivity index (χ2n) is 16.4. The molecule has 8 aliphatic rings. The van der Waals surface area contributed by atoms with Crippen molar-refractivity contribution in [2.24, 2.45) is 51.8 Å². The molecule has 0 heterocycles. The Bertz CT molecular complexity index is 1130. The summed E-state index contributed by atoms with van der Waals surface area (Å²) in [7, 11) is 0. The molecule has 4 atom stereocenters. The summed E-state index contributed by atoms with van der Waals surface area (Å²) in [6.45, 7) is 4.20. The van der Waals surface area contributed by atoms with Crippen molar-refractivity contribution < 1.29 is 55.6 Å². The van der Waals surface area contributed by atoms with Crippen LogP contribution in [0, 0.1) is 51.8 Å². The van der Waals surface area contributed by atoms with E-state index in [0.717, 1.165) is 58.8 Å². The van der Waals surface area contributed by atoms with E-state index < -0.39 is 46.3 Å². The maximum atomic E-state index is 13.3. The van der Waals surface area contributed by atoms with Crippen LogP contribution in [0.3, 0.4) is 0 Å². The van der Waals surface area contributed by atoms with Gasteiger partial charge in [0.1, 0.15) is 11.2 Å². The molecule has 0 aliphatic heterocycles. The fourth-order valence-electron chi connectivity index (χ4n) is 10.6. The van der Waals surface area contributed by atoms with Crippen molar-refractivity contribution in [2.45, 2.75) is 135 Å². The summed E-state index contributed by atoms with van der Waals surface area (Å²) in [4.78, 5) is 24.9. The van der Waals surface area contributed by atoms with E-state index in [9.17, 15) is 46.1 Å². The van der Waals surface area contributed by atoms with Crippen LogP contribution < -0.4 is 0 Å². The molecule has 8 saturated carbocycles. The van der Waals surface area contributed by atoms with E-state index in [1.54, 1.807) is 0 Å². The molecule has 46 heavy (non-hydrogen) atoms. The van der Waals surface area contributed by atoms with Crippen LogP contribution in [0.5, 0.6) is 0 Å². The van der Waals surface area contributed by atoms with Gasteiger partial charge in [0.25, 0.3) is 0 Å². The van der Waals surface area contributed by atoms with Crippen LogP contribution >= 0.6 is 0 Å². The number of alkyl halides is 6. The Morgan fingerprint density at radius 1 is 0.652 bits per heavy atom. The zero-order valence-electron chi connectivity index (χ0n) is 27.4. The minimum absolute atomic E-state index is 0.00189. The van der Waals surface area contributed by atoms with Crippen LogP contribution in [-0.2, 0) is 19.1 Å². The lowest BCUT2D eigenvalue weighted by molar-refractivity contribution is -0.261. The van der Waals surface area contributed by atoms with Crippen molar-refractivity contribution in [3.05, 3.63) is 0 Å². The third-order valence-electron chi connectivity index (χ3n) is 13.4. The third-order valence-corrected chi connectivity index (χ3v) is 13.4. The molecule has 2 N–H and O–H groups in total. The average molecular weight is 669 g/mol. The quantitative estimate of drug-likeness (QED) is 0.205. The number of ether oxygens (including phenoxy) is 2. The number of aliphatic hydroxyl groups excluding tert-OH is 2. The fraction of sp³-hybridized carbons (Fsp3) is 0.941. The molecule has 0 aromatic carbocycles. The third kappa shape index (κ3) is 5.76. The van der Waals surface area contributed by atoms with Crippen LogP contribution in [0.2, 0.25) is 0 Å². The number of carbonyl (C=O) groups is 2. The van der Waals surface area contributed by atoms with Crippen LogP contribution in [0.1, 0.15) is 111 Å². The van der Waals surface area contributed by atoms with Crippen LogP contribution in [0.25, 0.3) is 0 Å². The molecule has 0 saturated heterocycles. The molecule has 8 bridgehead atoms. The Balaban J connectivity index is 0.000000181. The van der Waals surface area contributed by atoms with Gasteiger partial charge in [-0.15, -0.1) is 0 Å². The maximum absolute atomic E-state index is 13.3. The van der Waals surface area contributed by atoms with E-state index in [-0.39, 0.29) is 43.3 Å². The van der Waals surface area contributed by atoms with Gasteiger partial charge in [0.2, 0.25) is 0 Å². The first-order valence-electron chi connectivity index (χ1n) is 17.1. The molecule has 8 fully saturated rings. The minimum atomic E-state index is -4.65. The molecule has 4 unspecified atom stereocenters. The summed E-state index contributed by atoms with van der Waals surface area (Å²) in [6, 6.07) is 0. The van der Waals surface area contributed by atoms with Crippen molar-refractivity contribution in [2.75, 3.05) is 13.2 Å². The fourth-order valence-corrected chi connectivity index (χ4v) is 10.6. The van der Waals surface area contributed by atoms with Gasteiger partial charge < -0.3 is 19.7 Å². The van der Waals surface area contributed by atoms with E-state index >= 15 is 0 Å². The minimum Gasteiger partial charge on any atom is -0.458 e. The molecule has 12 heteroatoms. The van der Waals surface area contributed by atoms with Crippen molar-refractivity contribution >= 4 is 11.9 Å². The van der Waals surface area contributed by atoms with Crippen molar-refractivity contribution in [1.82, 2.24) is 0 Å². The Hall–Kier alpha value is -1.56. The summed E-state index contributed by atoms with van der Waals surface area (Å²) in [5, 5.41) is 19.8.